The lowest BCUT2D eigenvalue weighted by atomic mass is 10.5. The average molecular weight is 207 g/mol. The Morgan fingerprint density at radius 2 is 2.08 bits per heavy atom. The van der Waals surface area contributed by atoms with E-state index in [1.807, 2.05) is 0 Å². The van der Waals surface area contributed by atoms with Gasteiger partial charge in [0.05, 0.1) is 23.8 Å². The van der Waals surface area contributed by atoms with Crippen molar-refractivity contribution in [3.63, 3.8) is 0 Å². The van der Waals surface area contributed by atoms with Crippen molar-refractivity contribution in [2.75, 3.05) is 6.26 Å². The van der Waals surface area contributed by atoms with Gasteiger partial charge in [0.2, 0.25) is 0 Å². The fraction of sp³-hybridized carbons (Fsp3) is 0.333. The summed E-state index contributed by atoms with van der Waals surface area (Å²) in [7, 11) is -3.04. The SMILES string of the molecule is CS(=O)(=O)Cc1cnc(Cl)cn1. The van der Waals surface area contributed by atoms with Crippen LogP contribution in [-0.4, -0.2) is 24.6 Å². The number of hydrogen-bond acceptors (Lipinski definition) is 4. The summed E-state index contributed by atoms with van der Waals surface area (Å²) in [5.41, 5.74) is 0.405. The predicted octanol–water partition coefficient (Wildman–Crippen LogP) is 0.675. The topological polar surface area (TPSA) is 59.9 Å². The van der Waals surface area contributed by atoms with Crippen LogP contribution < -0.4 is 0 Å². The minimum atomic E-state index is -3.04. The zero-order chi connectivity index (χ0) is 9.19. The molecule has 0 spiro atoms. The summed E-state index contributed by atoms with van der Waals surface area (Å²) < 4.78 is 21.6. The smallest absolute Gasteiger partial charge is 0.153 e. The molecule has 0 N–H and O–H groups in total. The largest absolute Gasteiger partial charge is 0.255 e. The van der Waals surface area contributed by atoms with Crippen LogP contribution in [0.3, 0.4) is 0 Å². The van der Waals surface area contributed by atoms with Gasteiger partial charge in [-0.25, -0.2) is 13.4 Å². The Labute approximate surface area is 75.5 Å². The zero-order valence-electron chi connectivity index (χ0n) is 6.36. The number of sulfone groups is 1. The van der Waals surface area contributed by atoms with Crippen molar-refractivity contribution < 1.29 is 8.42 Å². The van der Waals surface area contributed by atoms with Crippen molar-refractivity contribution in [1.29, 1.82) is 0 Å². The van der Waals surface area contributed by atoms with Gasteiger partial charge in [0.1, 0.15) is 5.15 Å². The molecule has 1 aromatic rings. The molecule has 0 saturated carbocycles. The molecular weight excluding hydrogens is 200 g/mol. The molecule has 0 bridgehead atoms. The second-order valence-corrected chi connectivity index (χ2v) is 4.93. The normalized spacial score (nSPS) is 11.5. The van der Waals surface area contributed by atoms with Crippen LogP contribution in [0.4, 0.5) is 0 Å². The molecule has 0 aliphatic heterocycles. The highest BCUT2D eigenvalue weighted by Crippen LogP contribution is 2.03. The van der Waals surface area contributed by atoms with Crippen LogP contribution in [0.15, 0.2) is 12.4 Å². The Balaban J connectivity index is 2.85. The van der Waals surface area contributed by atoms with E-state index < -0.39 is 9.84 Å². The molecule has 0 aromatic carbocycles. The lowest BCUT2D eigenvalue weighted by molar-refractivity contribution is 0.600. The first-order valence-corrected chi connectivity index (χ1v) is 5.55. The van der Waals surface area contributed by atoms with Gasteiger partial charge in [-0.3, -0.25) is 4.98 Å². The number of aromatic nitrogens is 2. The minimum Gasteiger partial charge on any atom is -0.255 e. The predicted molar refractivity (Wildman–Crippen MR) is 45.6 cm³/mol. The monoisotopic (exact) mass is 206 g/mol. The van der Waals surface area contributed by atoms with E-state index >= 15 is 0 Å². The maximum atomic E-state index is 10.8. The highest BCUT2D eigenvalue weighted by molar-refractivity contribution is 7.89. The van der Waals surface area contributed by atoms with E-state index in [1.165, 1.54) is 12.4 Å². The van der Waals surface area contributed by atoms with Crippen LogP contribution >= 0.6 is 11.6 Å². The molecule has 0 unspecified atom stereocenters. The maximum Gasteiger partial charge on any atom is 0.153 e. The first kappa shape index (κ1) is 9.41. The van der Waals surface area contributed by atoms with Crippen molar-refractivity contribution in [2.24, 2.45) is 0 Å². The Hall–Kier alpha value is -0.680. The molecule has 0 amide bonds. The maximum absolute atomic E-state index is 10.8. The Morgan fingerprint density at radius 3 is 2.50 bits per heavy atom. The summed E-state index contributed by atoms with van der Waals surface area (Å²) in [4.78, 5) is 7.49. The molecule has 0 saturated heterocycles. The van der Waals surface area contributed by atoms with Gasteiger partial charge in [-0.05, 0) is 0 Å². The summed E-state index contributed by atoms with van der Waals surface area (Å²) >= 11 is 5.46. The molecule has 6 heteroatoms. The van der Waals surface area contributed by atoms with Crippen LogP contribution in [0.2, 0.25) is 5.15 Å². The molecule has 1 rings (SSSR count). The van der Waals surface area contributed by atoms with E-state index in [9.17, 15) is 8.42 Å². The van der Waals surface area contributed by atoms with Gasteiger partial charge in [-0.15, -0.1) is 0 Å². The molecule has 12 heavy (non-hydrogen) atoms. The Morgan fingerprint density at radius 1 is 1.42 bits per heavy atom. The number of hydrogen-bond donors (Lipinski definition) is 0. The third-order valence-electron chi connectivity index (χ3n) is 1.08. The number of halogens is 1. The highest BCUT2D eigenvalue weighted by atomic mass is 35.5. The van der Waals surface area contributed by atoms with Gasteiger partial charge in [0, 0.05) is 6.26 Å². The molecule has 1 heterocycles. The summed E-state index contributed by atoms with van der Waals surface area (Å²) in [5, 5.41) is 0.257. The molecule has 0 aliphatic rings. The number of rotatable bonds is 2. The Kier molecular flexibility index (Phi) is 2.64. The second kappa shape index (κ2) is 3.37. The van der Waals surface area contributed by atoms with Crippen molar-refractivity contribution in [3.8, 4) is 0 Å². The van der Waals surface area contributed by atoms with Crippen molar-refractivity contribution in [1.82, 2.24) is 9.97 Å². The molecule has 0 fully saturated rings. The summed E-state index contributed by atoms with van der Waals surface area (Å²) in [5.74, 6) is -0.100. The molecule has 4 nitrogen and oxygen atoms in total. The third kappa shape index (κ3) is 3.15. The minimum absolute atomic E-state index is 0.100. The van der Waals surface area contributed by atoms with Crippen LogP contribution in [0.5, 0.6) is 0 Å². The zero-order valence-corrected chi connectivity index (χ0v) is 7.93. The Bertz CT molecular complexity index is 360. The van der Waals surface area contributed by atoms with Gasteiger partial charge in [0.15, 0.2) is 9.84 Å². The first-order valence-electron chi connectivity index (χ1n) is 3.11. The first-order chi connectivity index (χ1) is 5.47. The van der Waals surface area contributed by atoms with E-state index in [1.54, 1.807) is 0 Å². The highest BCUT2D eigenvalue weighted by Gasteiger charge is 2.05. The fourth-order valence-corrected chi connectivity index (χ4v) is 1.47. The van der Waals surface area contributed by atoms with Gasteiger partial charge >= 0.3 is 0 Å². The average Bonchev–Trinajstić information content (AvgIpc) is 1.91. The van der Waals surface area contributed by atoms with Crippen LogP contribution in [-0.2, 0) is 15.6 Å². The van der Waals surface area contributed by atoms with Crippen molar-refractivity contribution in [3.05, 3.63) is 23.2 Å². The van der Waals surface area contributed by atoms with Crippen molar-refractivity contribution >= 4 is 21.4 Å². The van der Waals surface area contributed by atoms with E-state index in [-0.39, 0.29) is 10.9 Å². The van der Waals surface area contributed by atoms with E-state index in [4.69, 9.17) is 11.6 Å². The van der Waals surface area contributed by atoms with Gasteiger partial charge in [0.25, 0.3) is 0 Å². The third-order valence-corrected chi connectivity index (χ3v) is 2.10. The summed E-state index contributed by atoms with van der Waals surface area (Å²) in [6, 6.07) is 0. The molecule has 1 aromatic heterocycles. The quantitative estimate of drug-likeness (QED) is 0.714. The molecular formula is C6H7ClN2O2S. The van der Waals surface area contributed by atoms with Crippen molar-refractivity contribution in [2.45, 2.75) is 5.75 Å². The van der Waals surface area contributed by atoms with E-state index in [2.05, 4.69) is 9.97 Å². The van der Waals surface area contributed by atoms with Gasteiger partial charge < -0.3 is 0 Å². The lowest BCUT2D eigenvalue weighted by Crippen LogP contribution is -2.02. The number of nitrogens with zero attached hydrogens (tertiary/aromatic N) is 2. The fourth-order valence-electron chi connectivity index (χ4n) is 0.682. The van der Waals surface area contributed by atoms with Crippen LogP contribution in [0.1, 0.15) is 5.69 Å². The van der Waals surface area contributed by atoms with E-state index in [0.29, 0.717) is 5.69 Å². The lowest BCUT2D eigenvalue weighted by Gasteiger charge is -1.96. The molecule has 0 aliphatic carbocycles. The summed E-state index contributed by atoms with van der Waals surface area (Å²) in [6.45, 7) is 0. The van der Waals surface area contributed by atoms with E-state index in [0.717, 1.165) is 6.26 Å². The summed E-state index contributed by atoms with van der Waals surface area (Å²) in [6.07, 6.45) is 3.81. The molecule has 66 valence electrons. The van der Waals surface area contributed by atoms with Crippen LogP contribution in [0.25, 0.3) is 0 Å². The standard InChI is InChI=1S/C6H7ClN2O2S/c1-12(10,11)4-5-2-9-6(7)3-8-5/h2-3H,4H2,1H3. The molecule has 0 atom stereocenters. The van der Waals surface area contributed by atoms with Gasteiger partial charge in [-0.2, -0.15) is 0 Å². The second-order valence-electron chi connectivity index (χ2n) is 2.40. The van der Waals surface area contributed by atoms with Gasteiger partial charge in [-0.1, -0.05) is 11.6 Å². The molecule has 0 radical (unpaired) electrons. The van der Waals surface area contributed by atoms with Crippen LogP contribution in [0, 0.1) is 0 Å².